The summed E-state index contributed by atoms with van der Waals surface area (Å²) in [6.07, 6.45) is 3.70. The Kier molecular flexibility index (Phi) is 3.54. The van der Waals surface area contributed by atoms with Crippen molar-refractivity contribution in [3.63, 3.8) is 0 Å². The second kappa shape index (κ2) is 5.87. The van der Waals surface area contributed by atoms with E-state index in [-0.39, 0.29) is 0 Å². The molecule has 4 nitrogen and oxygen atoms in total. The molecule has 0 unspecified atom stereocenters. The third-order valence-corrected chi connectivity index (χ3v) is 4.09. The number of primary amides is 1. The van der Waals surface area contributed by atoms with Crippen LogP contribution in [-0.2, 0) is 0 Å². The number of carbonyl (C=O) groups excluding carboxylic acids is 1. The van der Waals surface area contributed by atoms with Gasteiger partial charge in [0.05, 0.1) is 11.2 Å². The fourth-order valence-corrected chi connectivity index (χ4v) is 2.89. The van der Waals surface area contributed by atoms with Crippen molar-refractivity contribution in [3.8, 4) is 0 Å². The average molecular weight is 331 g/mol. The molecule has 0 aliphatic heterocycles. The Morgan fingerprint density at radius 2 is 1.80 bits per heavy atom. The van der Waals surface area contributed by atoms with Crippen molar-refractivity contribution in [3.05, 3.63) is 77.7 Å². The molecule has 0 atom stereocenters. The Balaban J connectivity index is 1.78. The van der Waals surface area contributed by atoms with Crippen molar-refractivity contribution < 1.29 is 9.18 Å². The van der Waals surface area contributed by atoms with Gasteiger partial charge in [0, 0.05) is 11.5 Å². The normalized spacial score (nSPS) is 11.6. The summed E-state index contributed by atoms with van der Waals surface area (Å²) in [5.74, 6) is -0.444. The van der Waals surface area contributed by atoms with Crippen molar-refractivity contribution >= 4 is 39.9 Å². The molecule has 0 saturated heterocycles. The molecular weight excluding hydrogens is 317 g/mol. The Bertz CT molecular complexity index is 1140. The van der Waals surface area contributed by atoms with E-state index >= 15 is 0 Å². The van der Waals surface area contributed by atoms with Gasteiger partial charge in [-0.15, -0.1) is 0 Å². The maximum Gasteiger partial charge on any atom is 0.340 e. The van der Waals surface area contributed by atoms with Crippen LogP contribution in [-0.4, -0.2) is 15.8 Å². The van der Waals surface area contributed by atoms with Crippen molar-refractivity contribution in [1.82, 2.24) is 9.78 Å². The van der Waals surface area contributed by atoms with Gasteiger partial charge in [-0.1, -0.05) is 42.5 Å². The van der Waals surface area contributed by atoms with Crippen LogP contribution in [0.2, 0.25) is 0 Å². The Morgan fingerprint density at radius 1 is 1.00 bits per heavy atom. The van der Waals surface area contributed by atoms with E-state index in [4.69, 9.17) is 5.73 Å². The van der Waals surface area contributed by atoms with E-state index in [2.05, 4.69) is 17.2 Å². The second-order valence-corrected chi connectivity index (χ2v) is 5.74. The third-order valence-electron chi connectivity index (χ3n) is 4.09. The van der Waals surface area contributed by atoms with Gasteiger partial charge in [0.2, 0.25) is 0 Å². The smallest absolute Gasteiger partial charge is 0.340 e. The fourth-order valence-electron chi connectivity index (χ4n) is 2.89. The summed E-state index contributed by atoms with van der Waals surface area (Å²) in [6, 6.07) is 17.6. The quantitative estimate of drug-likeness (QED) is 0.591. The van der Waals surface area contributed by atoms with Gasteiger partial charge >= 0.3 is 6.03 Å². The molecular formula is C20H14FN3O. The van der Waals surface area contributed by atoms with Gasteiger partial charge in [-0.2, -0.15) is 9.78 Å². The number of halogens is 1. The molecule has 1 amide bonds. The minimum Gasteiger partial charge on any atom is -0.350 e. The minimum atomic E-state index is -0.749. The van der Waals surface area contributed by atoms with E-state index in [1.165, 1.54) is 17.5 Å². The Hall–Kier alpha value is -3.47. The molecule has 0 spiro atoms. The second-order valence-electron chi connectivity index (χ2n) is 5.74. The fraction of sp³-hybridized carbons (Fsp3) is 0. The predicted molar refractivity (Wildman–Crippen MR) is 97.5 cm³/mol. The highest BCUT2D eigenvalue weighted by Gasteiger charge is 2.12. The van der Waals surface area contributed by atoms with E-state index in [1.54, 1.807) is 12.1 Å². The lowest BCUT2D eigenvalue weighted by Crippen LogP contribution is -2.20. The van der Waals surface area contributed by atoms with E-state index in [0.717, 1.165) is 15.6 Å². The molecule has 2 N–H and O–H groups in total. The van der Waals surface area contributed by atoms with Crippen LogP contribution in [0, 0.1) is 5.82 Å². The summed E-state index contributed by atoms with van der Waals surface area (Å²) >= 11 is 0. The number of benzene rings is 3. The molecule has 5 heteroatoms. The van der Waals surface area contributed by atoms with Crippen molar-refractivity contribution in [1.29, 1.82) is 0 Å². The predicted octanol–water partition coefficient (Wildman–Crippen LogP) is 4.43. The molecule has 0 bridgehead atoms. The van der Waals surface area contributed by atoms with Gasteiger partial charge in [-0.3, -0.25) is 0 Å². The highest BCUT2D eigenvalue weighted by Crippen LogP contribution is 2.22. The number of amides is 1. The summed E-state index contributed by atoms with van der Waals surface area (Å²) < 4.78 is 14.5. The van der Waals surface area contributed by atoms with E-state index in [0.29, 0.717) is 16.6 Å². The van der Waals surface area contributed by atoms with Gasteiger partial charge in [0.25, 0.3) is 0 Å². The zero-order valence-electron chi connectivity index (χ0n) is 13.2. The standard InChI is InChI=1S/C20H14FN3O/c21-16-8-9-17-18(23-24(20(22)25)19(17)12-16)10-6-13-5-7-14-3-1-2-4-15(14)11-13/h1-12H,(H2,22,25)/b10-6+. The number of aromatic nitrogens is 2. The number of hydrogen-bond acceptors (Lipinski definition) is 2. The molecule has 4 aromatic rings. The maximum absolute atomic E-state index is 13.5. The van der Waals surface area contributed by atoms with Crippen LogP contribution in [0.4, 0.5) is 9.18 Å². The van der Waals surface area contributed by atoms with Crippen LogP contribution in [0.5, 0.6) is 0 Å². The maximum atomic E-state index is 13.5. The first-order valence-electron chi connectivity index (χ1n) is 7.77. The van der Waals surface area contributed by atoms with Crippen LogP contribution < -0.4 is 5.73 Å². The molecule has 0 aliphatic rings. The third kappa shape index (κ3) is 2.76. The first kappa shape index (κ1) is 15.1. The van der Waals surface area contributed by atoms with Crippen molar-refractivity contribution in [2.45, 2.75) is 0 Å². The number of hydrogen-bond donors (Lipinski definition) is 1. The molecule has 4 rings (SSSR count). The van der Waals surface area contributed by atoms with E-state index < -0.39 is 11.8 Å². The van der Waals surface area contributed by atoms with Crippen molar-refractivity contribution in [2.75, 3.05) is 0 Å². The van der Waals surface area contributed by atoms with Gasteiger partial charge in [-0.05, 0) is 40.6 Å². The number of nitrogens with zero attached hydrogens (tertiary/aromatic N) is 2. The van der Waals surface area contributed by atoms with Crippen LogP contribution in [0.25, 0.3) is 33.8 Å². The van der Waals surface area contributed by atoms with Crippen LogP contribution >= 0.6 is 0 Å². The topological polar surface area (TPSA) is 60.9 Å². The monoisotopic (exact) mass is 331 g/mol. The Labute approximate surface area is 143 Å². The molecule has 1 aromatic heterocycles. The summed E-state index contributed by atoms with van der Waals surface area (Å²) in [5, 5.41) is 7.16. The van der Waals surface area contributed by atoms with Crippen LogP contribution in [0.3, 0.4) is 0 Å². The van der Waals surface area contributed by atoms with Gasteiger partial charge in [0.15, 0.2) is 0 Å². The highest BCUT2D eigenvalue weighted by atomic mass is 19.1. The molecule has 1 heterocycles. The lowest BCUT2D eigenvalue weighted by atomic mass is 10.1. The largest absolute Gasteiger partial charge is 0.350 e. The van der Waals surface area contributed by atoms with Crippen LogP contribution in [0.15, 0.2) is 60.7 Å². The number of fused-ring (bicyclic) bond motifs is 2. The summed E-state index contributed by atoms with van der Waals surface area (Å²) in [4.78, 5) is 11.5. The van der Waals surface area contributed by atoms with Gasteiger partial charge in [0.1, 0.15) is 5.82 Å². The number of rotatable bonds is 2. The molecule has 25 heavy (non-hydrogen) atoms. The van der Waals surface area contributed by atoms with Gasteiger partial charge < -0.3 is 5.73 Å². The summed E-state index contributed by atoms with van der Waals surface area (Å²) in [6.45, 7) is 0. The lowest BCUT2D eigenvalue weighted by Gasteiger charge is -1.99. The zero-order chi connectivity index (χ0) is 17.4. The van der Waals surface area contributed by atoms with Gasteiger partial charge in [-0.25, -0.2) is 9.18 Å². The number of carbonyl (C=O) groups is 1. The molecule has 3 aromatic carbocycles. The van der Waals surface area contributed by atoms with E-state index in [1.807, 2.05) is 36.4 Å². The first-order valence-corrected chi connectivity index (χ1v) is 7.77. The van der Waals surface area contributed by atoms with Crippen LogP contribution in [0.1, 0.15) is 11.3 Å². The molecule has 0 aliphatic carbocycles. The van der Waals surface area contributed by atoms with E-state index in [9.17, 15) is 9.18 Å². The molecule has 122 valence electrons. The summed E-state index contributed by atoms with van der Waals surface area (Å²) in [7, 11) is 0. The minimum absolute atomic E-state index is 0.352. The molecule has 0 radical (unpaired) electrons. The number of nitrogens with two attached hydrogens (primary N) is 1. The lowest BCUT2D eigenvalue weighted by molar-refractivity contribution is 0.248. The summed E-state index contributed by atoms with van der Waals surface area (Å²) in [5.41, 5.74) is 7.24. The van der Waals surface area contributed by atoms with Crippen molar-refractivity contribution in [2.24, 2.45) is 5.73 Å². The first-order chi connectivity index (χ1) is 12.1. The average Bonchev–Trinajstić information content (AvgIpc) is 2.98. The Morgan fingerprint density at radius 3 is 2.60 bits per heavy atom. The molecule has 0 saturated carbocycles. The molecule has 0 fully saturated rings. The zero-order valence-corrected chi connectivity index (χ0v) is 13.2. The highest BCUT2D eigenvalue weighted by molar-refractivity contribution is 5.95. The SMILES string of the molecule is NC(=O)n1nc(/C=C/c2ccc3ccccc3c2)c2ccc(F)cc21.